The number of nitrogens with one attached hydrogen (secondary N) is 1. The summed E-state index contributed by atoms with van der Waals surface area (Å²) in [5.41, 5.74) is 9.31. The Labute approximate surface area is 126 Å². The summed E-state index contributed by atoms with van der Waals surface area (Å²) in [6, 6.07) is 15.4. The third-order valence-electron chi connectivity index (χ3n) is 3.80. The highest BCUT2D eigenvalue weighted by molar-refractivity contribution is 6.04. The summed E-state index contributed by atoms with van der Waals surface area (Å²) < 4.78 is 0. The van der Waals surface area contributed by atoms with Crippen molar-refractivity contribution >= 4 is 11.6 Å². The van der Waals surface area contributed by atoms with Crippen LogP contribution in [0.1, 0.15) is 47.7 Å². The number of amides is 1. The van der Waals surface area contributed by atoms with E-state index in [4.69, 9.17) is 5.73 Å². The largest absolute Gasteiger partial charge is 0.326 e. The fraction of sp³-hybridized carbons (Fsp3) is 0.278. The summed E-state index contributed by atoms with van der Waals surface area (Å²) in [5, 5.41) is 2.91. The van der Waals surface area contributed by atoms with Crippen LogP contribution >= 0.6 is 0 Å². The highest BCUT2D eigenvalue weighted by atomic mass is 16.1. The van der Waals surface area contributed by atoms with E-state index in [1.807, 2.05) is 24.3 Å². The van der Waals surface area contributed by atoms with Crippen molar-refractivity contribution in [3.8, 4) is 0 Å². The molecule has 3 heteroatoms. The standard InChI is InChI=1S/C18H22N2O/c1-3-13(2)15-8-10-17(11-9-15)20-18(21)16-6-4-14(12-19)5-7-16/h4-11,13H,3,12,19H2,1-2H3,(H,20,21). The van der Waals surface area contributed by atoms with Crippen molar-refractivity contribution in [1.29, 1.82) is 0 Å². The summed E-state index contributed by atoms with van der Waals surface area (Å²) in [7, 11) is 0. The highest BCUT2D eigenvalue weighted by Gasteiger charge is 2.07. The summed E-state index contributed by atoms with van der Waals surface area (Å²) in [4.78, 5) is 12.1. The van der Waals surface area contributed by atoms with Gasteiger partial charge < -0.3 is 11.1 Å². The van der Waals surface area contributed by atoms with Crippen LogP contribution < -0.4 is 11.1 Å². The third-order valence-corrected chi connectivity index (χ3v) is 3.80. The summed E-state index contributed by atoms with van der Waals surface area (Å²) in [6.45, 7) is 4.86. The van der Waals surface area contributed by atoms with E-state index in [0.717, 1.165) is 17.7 Å². The predicted molar refractivity (Wildman–Crippen MR) is 87.4 cm³/mol. The molecule has 0 bridgehead atoms. The SMILES string of the molecule is CCC(C)c1ccc(NC(=O)c2ccc(CN)cc2)cc1. The van der Waals surface area contributed by atoms with Crippen LogP contribution in [0.2, 0.25) is 0 Å². The Balaban J connectivity index is 2.04. The van der Waals surface area contributed by atoms with Crippen molar-refractivity contribution in [3.05, 3.63) is 65.2 Å². The Hall–Kier alpha value is -2.13. The second kappa shape index (κ2) is 7.04. The molecular formula is C18H22N2O. The molecule has 2 aromatic rings. The van der Waals surface area contributed by atoms with Gasteiger partial charge in [0.05, 0.1) is 0 Å². The minimum atomic E-state index is -0.102. The molecule has 0 radical (unpaired) electrons. The molecular weight excluding hydrogens is 260 g/mol. The maximum atomic E-state index is 12.1. The second-order valence-electron chi connectivity index (χ2n) is 5.29. The van der Waals surface area contributed by atoms with Crippen molar-refractivity contribution in [2.45, 2.75) is 32.7 Å². The molecule has 3 nitrogen and oxygen atoms in total. The maximum Gasteiger partial charge on any atom is 0.255 e. The van der Waals surface area contributed by atoms with Crippen molar-refractivity contribution in [1.82, 2.24) is 0 Å². The van der Waals surface area contributed by atoms with Crippen LogP contribution in [0.5, 0.6) is 0 Å². The van der Waals surface area contributed by atoms with Crippen LogP contribution in [0.4, 0.5) is 5.69 Å². The van der Waals surface area contributed by atoms with Crippen molar-refractivity contribution < 1.29 is 4.79 Å². The van der Waals surface area contributed by atoms with E-state index in [0.29, 0.717) is 18.0 Å². The van der Waals surface area contributed by atoms with Gasteiger partial charge in [0.25, 0.3) is 5.91 Å². The molecule has 0 aliphatic carbocycles. The first-order chi connectivity index (χ1) is 10.1. The minimum Gasteiger partial charge on any atom is -0.326 e. The molecule has 0 aromatic heterocycles. The lowest BCUT2D eigenvalue weighted by atomic mass is 9.98. The predicted octanol–water partition coefficient (Wildman–Crippen LogP) is 3.91. The zero-order chi connectivity index (χ0) is 15.2. The van der Waals surface area contributed by atoms with Crippen LogP contribution in [-0.2, 0) is 6.54 Å². The molecule has 2 aromatic carbocycles. The van der Waals surface area contributed by atoms with Crippen LogP contribution in [-0.4, -0.2) is 5.91 Å². The summed E-state index contributed by atoms with van der Waals surface area (Å²) >= 11 is 0. The van der Waals surface area contributed by atoms with Gasteiger partial charge in [-0.2, -0.15) is 0 Å². The molecule has 0 saturated carbocycles. The lowest BCUT2D eigenvalue weighted by Crippen LogP contribution is -2.12. The number of rotatable bonds is 5. The Morgan fingerprint density at radius 2 is 1.71 bits per heavy atom. The molecule has 0 spiro atoms. The van der Waals surface area contributed by atoms with E-state index in [1.165, 1.54) is 5.56 Å². The molecule has 2 rings (SSSR count). The Morgan fingerprint density at radius 3 is 2.24 bits per heavy atom. The normalized spacial score (nSPS) is 12.0. The molecule has 0 heterocycles. The number of anilines is 1. The molecule has 0 fully saturated rings. The zero-order valence-electron chi connectivity index (χ0n) is 12.6. The van der Waals surface area contributed by atoms with Gasteiger partial charge >= 0.3 is 0 Å². The van der Waals surface area contributed by atoms with E-state index >= 15 is 0 Å². The van der Waals surface area contributed by atoms with E-state index in [2.05, 4.69) is 31.3 Å². The summed E-state index contributed by atoms with van der Waals surface area (Å²) in [5.74, 6) is 0.438. The smallest absolute Gasteiger partial charge is 0.255 e. The number of carbonyl (C=O) groups excluding carboxylic acids is 1. The number of hydrogen-bond donors (Lipinski definition) is 2. The Bertz CT molecular complexity index is 588. The van der Waals surface area contributed by atoms with Gasteiger partial charge in [0.1, 0.15) is 0 Å². The fourth-order valence-corrected chi connectivity index (χ4v) is 2.13. The summed E-state index contributed by atoms with van der Waals surface area (Å²) in [6.07, 6.45) is 1.11. The molecule has 110 valence electrons. The van der Waals surface area contributed by atoms with E-state index in [1.54, 1.807) is 12.1 Å². The average molecular weight is 282 g/mol. The molecule has 1 atom stereocenters. The average Bonchev–Trinajstić information content (AvgIpc) is 2.55. The molecule has 0 aliphatic heterocycles. The van der Waals surface area contributed by atoms with Gasteiger partial charge in [-0.3, -0.25) is 4.79 Å². The molecule has 1 amide bonds. The molecule has 21 heavy (non-hydrogen) atoms. The lowest BCUT2D eigenvalue weighted by Gasteiger charge is -2.10. The fourth-order valence-electron chi connectivity index (χ4n) is 2.13. The highest BCUT2D eigenvalue weighted by Crippen LogP contribution is 2.20. The minimum absolute atomic E-state index is 0.102. The topological polar surface area (TPSA) is 55.1 Å². The van der Waals surface area contributed by atoms with Crippen molar-refractivity contribution in [3.63, 3.8) is 0 Å². The zero-order valence-corrected chi connectivity index (χ0v) is 12.6. The molecule has 3 N–H and O–H groups in total. The van der Waals surface area contributed by atoms with Crippen molar-refractivity contribution in [2.24, 2.45) is 5.73 Å². The number of nitrogens with two attached hydrogens (primary N) is 1. The Kier molecular flexibility index (Phi) is 5.12. The van der Waals surface area contributed by atoms with Gasteiger partial charge in [0.15, 0.2) is 0 Å². The van der Waals surface area contributed by atoms with Gasteiger partial charge in [0.2, 0.25) is 0 Å². The number of hydrogen-bond acceptors (Lipinski definition) is 2. The monoisotopic (exact) mass is 282 g/mol. The number of carbonyl (C=O) groups is 1. The quantitative estimate of drug-likeness (QED) is 0.873. The van der Waals surface area contributed by atoms with Crippen molar-refractivity contribution in [2.75, 3.05) is 5.32 Å². The van der Waals surface area contributed by atoms with Crippen LogP contribution in [0, 0.1) is 0 Å². The molecule has 0 aliphatic rings. The van der Waals surface area contributed by atoms with Gasteiger partial charge in [-0.05, 0) is 47.7 Å². The third kappa shape index (κ3) is 3.92. The Morgan fingerprint density at radius 1 is 1.10 bits per heavy atom. The van der Waals surface area contributed by atoms with Gasteiger partial charge in [0, 0.05) is 17.8 Å². The molecule has 0 saturated heterocycles. The van der Waals surface area contributed by atoms with E-state index in [-0.39, 0.29) is 5.91 Å². The molecule has 1 unspecified atom stereocenters. The first-order valence-electron chi connectivity index (χ1n) is 7.34. The number of benzene rings is 2. The second-order valence-corrected chi connectivity index (χ2v) is 5.29. The van der Waals surface area contributed by atoms with Gasteiger partial charge in [-0.15, -0.1) is 0 Å². The van der Waals surface area contributed by atoms with Crippen LogP contribution in [0.25, 0.3) is 0 Å². The van der Waals surface area contributed by atoms with Crippen LogP contribution in [0.3, 0.4) is 0 Å². The first kappa shape index (κ1) is 15.3. The van der Waals surface area contributed by atoms with E-state index < -0.39 is 0 Å². The van der Waals surface area contributed by atoms with Crippen LogP contribution in [0.15, 0.2) is 48.5 Å². The maximum absolute atomic E-state index is 12.1. The van der Waals surface area contributed by atoms with E-state index in [9.17, 15) is 4.79 Å². The first-order valence-corrected chi connectivity index (χ1v) is 7.34. The van der Waals surface area contributed by atoms with Gasteiger partial charge in [-0.1, -0.05) is 38.1 Å². The van der Waals surface area contributed by atoms with Gasteiger partial charge in [-0.25, -0.2) is 0 Å². The lowest BCUT2D eigenvalue weighted by molar-refractivity contribution is 0.102.